The summed E-state index contributed by atoms with van der Waals surface area (Å²) in [5, 5.41) is 3.70. The quantitative estimate of drug-likeness (QED) is 0.656. The molecule has 0 bridgehead atoms. The highest BCUT2D eigenvalue weighted by Crippen LogP contribution is 2.55. The molecule has 178 valence electrons. The Balaban J connectivity index is 1.36. The number of carbonyl (C=O) groups is 2. The molecule has 32 heavy (non-hydrogen) atoms. The van der Waals surface area contributed by atoms with Crippen molar-refractivity contribution in [3.8, 4) is 0 Å². The molecule has 6 rings (SSSR count). The van der Waals surface area contributed by atoms with E-state index in [9.17, 15) is 14.0 Å². The molecule has 0 spiro atoms. The van der Waals surface area contributed by atoms with Gasteiger partial charge in [0.05, 0.1) is 30.1 Å². The first-order chi connectivity index (χ1) is 15.4. The van der Waals surface area contributed by atoms with Crippen molar-refractivity contribution < 1.29 is 23.5 Å². The molecular formula is C24H36FN3O4. The number of hydrogen-bond acceptors (Lipinski definition) is 6. The minimum Gasteiger partial charge on any atom is -0.369 e. The number of nitrogens with zero attached hydrogens (tertiary/aromatic N) is 2. The lowest BCUT2D eigenvalue weighted by molar-refractivity contribution is -0.265. The van der Waals surface area contributed by atoms with Gasteiger partial charge in [0.15, 0.2) is 0 Å². The average Bonchev–Trinajstić information content (AvgIpc) is 3.25. The van der Waals surface area contributed by atoms with E-state index < -0.39 is 18.2 Å². The van der Waals surface area contributed by atoms with Gasteiger partial charge in [0.25, 0.3) is 0 Å². The van der Waals surface area contributed by atoms with Crippen molar-refractivity contribution in [2.45, 2.75) is 87.6 Å². The largest absolute Gasteiger partial charge is 0.369 e. The summed E-state index contributed by atoms with van der Waals surface area (Å²) in [5.74, 6) is -0.743. The Morgan fingerprint density at radius 1 is 1.00 bits per heavy atom. The van der Waals surface area contributed by atoms with E-state index >= 15 is 0 Å². The van der Waals surface area contributed by atoms with Gasteiger partial charge < -0.3 is 19.7 Å². The van der Waals surface area contributed by atoms with E-state index in [0.29, 0.717) is 25.9 Å². The van der Waals surface area contributed by atoms with Gasteiger partial charge in [-0.25, -0.2) is 4.39 Å². The van der Waals surface area contributed by atoms with Crippen LogP contribution in [-0.4, -0.2) is 91.5 Å². The zero-order chi connectivity index (χ0) is 22.1. The standard InChI is InChI=1S/C24H36FN3O4/c1-27(2)9-10-28-23(29)18-17-13-8-7-12(25)11-14(13)26-20(17)22-21(19(18)24(28)30)31-15-5-3-4-6-16(15)32-22/h12-22,26H,3-11H2,1-2H3. The van der Waals surface area contributed by atoms with E-state index in [-0.39, 0.29) is 60.0 Å². The van der Waals surface area contributed by atoms with Gasteiger partial charge in [-0.05, 0) is 58.0 Å². The van der Waals surface area contributed by atoms with Crippen LogP contribution in [0.2, 0.25) is 0 Å². The molecular weight excluding hydrogens is 413 g/mol. The zero-order valence-corrected chi connectivity index (χ0v) is 19.1. The Bertz CT molecular complexity index is 780. The van der Waals surface area contributed by atoms with Gasteiger partial charge >= 0.3 is 0 Å². The van der Waals surface area contributed by atoms with Crippen molar-refractivity contribution in [2.75, 3.05) is 27.2 Å². The summed E-state index contributed by atoms with van der Waals surface area (Å²) in [6, 6.07) is 0.00883. The monoisotopic (exact) mass is 449 g/mol. The van der Waals surface area contributed by atoms with Crippen molar-refractivity contribution in [3.05, 3.63) is 0 Å². The van der Waals surface area contributed by atoms with E-state index in [1.54, 1.807) is 0 Å². The number of likely N-dealkylation sites (tertiary alicyclic amines) is 1. The molecule has 11 atom stereocenters. The van der Waals surface area contributed by atoms with Crippen molar-refractivity contribution in [1.29, 1.82) is 0 Å². The number of amides is 2. The third kappa shape index (κ3) is 3.20. The van der Waals surface area contributed by atoms with Crippen molar-refractivity contribution in [2.24, 2.45) is 23.7 Å². The highest BCUT2D eigenvalue weighted by molar-refractivity contribution is 6.06. The molecule has 2 amide bonds. The van der Waals surface area contributed by atoms with E-state index in [0.717, 1.165) is 32.1 Å². The number of ether oxygens (including phenoxy) is 2. The topological polar surface area (TPSA) is 71.1 Å². The van der Waals surface area contributed by atoms with Crippen LogP contribution < -0.4 is 5.32 Å². The fourth-order valence-electron chi connectivity index (χ4n) is 7.78. The number of alkyl halides is 1. The molecule has 6 fully saturated rings. The molecule has 6 aliphatic rings. The zero-order valence-electron chi connectivity index (χ0n) is 19.1. The van der Waals surface area contributed by atoms with Crippen LogP contribution in [0.5, 0.6) is 0 Å². The Labute approximate surface area is 189 Å². The molecule has 3 saturated heterocycles. The normalized spacial score (nSPS) is 50.0. The number of likely N-dealkylation sites (N-methyl/N-ethyl adjacent to an activating group) is 1. The van der Waals surface area contributed by atoms with Gasteiger partial charge in [0.2, 0.25) is 11.8 Å². The minimum atomic E-state index is -0.792. The maximum Gasteiger partial charge on any atom is 0.235 e. The molecule has 11 unspecified atom stereocenters. The third-order valence-corrected chi connectivity index (χ3v) is 9.17. The van der Waals surface area contributed by atoms with E-state index in [1.807, 2.05) is 19.0 Å². The first kappa shape index (κ1) is 21.4. The summed E-state index contributed by atoms with van der Waals surface area (Å²) in [5.41, 5.74) is 0. The number of imide groups is 1. The van der Waals surface area contributed by atoms with E-state index in [2.05, 4.69) is 5.32 Å². The van der Waals surface area contributed by atoms with Crippen molar-refractivity contribution in [3.63, 3.8) is 0 Å². The van der Waals surface area contributed by atoms with Crippen molar-refractivity contribution >= 4 is 11.8 Å². The smallest absolute Gasteiger partial charge is 0.235 e. The molecule has 3 aliphatic carbocycles. The summed E-state index contributed by atoms with van der Waals surface area (Å²) in [4.78, 5) is 30.8. The Morgan fingerprint density at radius 3 is 2.41 bits per heavy atom. The minimum absolute atomic E-state index is 0.0137. The fraction of sp³-hybridized carbons (Fsp3) is 0.917. The van der Waals surface area contributed by atoms with Crippen LogP contribution >= 0.6 is 0 Å². The number of hydrogen-bond donors (Lipinski definition) is 1. The van der Waals surface area contributed by atoms with Crippen LogP contribution in [0.4, 0.5) is 4.39 Å². The lowest BCUT2D eigenvalue weighted by Gasteiger charge is -2.52. The Kier molecular flexibility index (Phi) is 5.36. The summed E-state index contributed by atoms with van der Waals surface area (Å²) < 4.78 is 27.6. The summed E-state index contributed by atoms with van der Waals surface area (Å²) in [7, 11) is 3.90. The van der Waals surface area contributed by atoms with Crippen LogP contribution in [0.15, 0.2) is 0 Å². The van der Waals surface area contributed by atoms with E-state index in [4.69, 9.17) is 9.47 Å². The average molecular weight is 450 g/mol. The number of rotatable bonds is 3. The third-order valence-electron chi connectivity index (χ3n) is 9.17. The Hall–Kier alpha value is -1.09. The van der Waals surface area contributed by atoms with E-state index in [1.165, 1.54) is 4.90 Å². The molecule has 0 radical (unpaired) electrons. The second-order valence-corrected chi connectivity index (χ2v) is 11.2. The maximum absolute atomic E-state index is 14.3. The molecule has 1 N–H and O–H groups in total. The SMILES string of the molecule is CN(C)CCN1C(=O)C2C3OC4CCCCC4OC3C3NC4CC(F)CCC4C3C2C1=O. The first-order valence-corrected chi connectivity index (χ1v) is 12.6. The highest BCUT2D eigenvalue weighted by Gasteiger charge is 2.68. The van der Waals surface area contributed by atoms with Gasteiger partial charge in [0.1, 0.15) is 12.3 Å². The lowest BCUT2D eigenvalue weighted by Crippen LogP contribution is -2.66. The summed E-state index contributed by atoms with van der Waals surface area (Å²) >= 11 is 0. The molecule has 7 nitrogen and oxygen atoms in total. The predicted molar refractivity (Wildman–Crippen MR) is 114 cm³/mol. The van der Waals surface area contributed by atoms with Gasteiger partial charge in [-0.1, -0.05) is 12.8 Å². The molecule has 3 aliphatic heterocycles. The van der Waals surface area contributed by atoms with Gasteiger partial charge in [-0.2, -0.15) is 0 Å². The second-order valence-electron chi connectivity index (χ2n) is 11.2. The molecule has 3 heterocycles. The first-order valence-electron chi connectivity index (χ1n) is 12.6. The number of halogens is 1. The van der Waals surface area contributed by atoms with Crippen LogP contribution in [0.3, 0.4) is 0 Å². The second kappa shape index (κ2) is 8.00. The lowest BCUT2D eigenvalue weighted by atomic mass is 9.62. The molecule has 0 aromatic heterocycles. The molecule has 8 heteroatoms. The summed E-state index contributed by atoms with van der Waals surface area (Å²) in [6.45, 7) is 1.06. The van der Waals surface area contributed by atoms with Crippen molar-refractivity contribution in [1.82, 2.24) is 15.1 Å². The molecule has 0 aromatic carbocycles. The fourth-order valence-corrected chi connectivity index (χ4v) is 7.78. The molecule has 0 aromatic rings. The molecule has 3 saturated carbocycles. The number of carbonyl (C=O) groups excluding carboxylic acids is 2. The maximum atomic E-state index is 14.3. The van der Waals surface area contributed by atoms with Gasteiger partial charge in [-0.15, -0.1) is 0 Å². The highest BCUT2D eigenvalue weighted by atomic mass is 19.1. The van der Waals surface area contributed by atoms with Crippen LogP contribution in [-0.2, 0) is 19.1 Å². The van der Waals surface area contributed by atoms with Crippen LogP contribution in [0, 0.1) is 23.7 Å². The van der Waals surface area contributed by atoms with Crippen LogP contribution in [0.25, 0.3) is 0 Å². The van der Waals surface area contributed by atoms with Gasteiger partial charge in [-0.3, -0.25) is 14.5 Å². The van der Waals surface area contributed by atoms with Gasteiger partial charge in [0, 0.05) is 25.2 Å². The number of fused-ring (bicyclic) bond motifs is 9. The Morgan fingerprint density at radius 2 is 1.69 bits per heavy atom. The number of nitrogens with one attached hydrogen (secondary N) is 1. The van der Waals surface area contributed by atoms with Crippen LogP contribution in [0.1, 0.15) is 44.9 Å². The predicted octanol–water partition coefficient (Wildman–Crippen LogP) is 1.35. The summed E-state index contributed by atoms with van der Waals surface area (Å²) in [6.07, 6.45) is 4.66.